The molecule has 0 aliphatic carbocycles. The van der Waals surface area contributed by atoms with E-state index >= 15 is 0 Å². The van der Waals surface area contributed by atoms with Gasteiger partial charge in [0.15, 0.2) is 11.6 Å². The summed E-state index contributed by atoms with van der Waals surface area (Å²) in [5.41, 5.74) is 5.66. The summed E-state index contributed by atoms with van der Waals surface area (Å²) >= 11 is 11.6. The second kappa shape index (κ2) is 6.62. The Kier molecular flexibility index (Phi) is 4.86. The van der Waals surface area contributed by atoms with Crippen molar-refractivity contribution >= 4 is 34.8 Å². The Morgan fingerprint density at radius 2 is 2.25 bits per heavy atom. The predicted octanol–water partition coefficient (Wildman–Crippen LogP) is 1.98. The van der Waals surface area contributed by atoms with Gasteiger partial charge in [-0.05, 0) is 18.0 Å². The molecule has 0 fully saturated rings. The van der Waals surface area contributed by atoms with Crippen LogP contribution in [0.5, 0.6) is 5.75 Å². The van der Waals surface area contributed by atoms with Crippen molar-refractivity contribution in [2.75, 3.05) is 24.2 Å². The van der Waals surface area contributed by atoms with Crippen LogP contribution in [-0.4, -0.2) is 32.9 Å². The molecule has 2 aromatic rings. The van der Waals surface area contributed by atoms with Gasteiger partial charge in [0, 0.05) is 13.6 Å². The number of halogens is 2. The van der Waals surface area contributed by atoms with Crippen molar-refractivity contribution in [3.8, 4) is 5.75 Å². The number of rotatable bonds is 6. The smallest absolute Gasteiger partial charge is 0.224 e. The molecule has 0 atom stereocenters. The van der Waals surface area contributed by atoms with Gasteiger partial charge in [-0.15, -0.1) is 0 Å². The first-order valence-corrected chi connectivity index (χ1v) is 6.65. The molecule has 7 nitrogen and oxygen atoms in total. The number of hydrogen-bond donors (Lipinski definition) is 2. The van der Waals surface area contributed by atoms with E-state index in [1.165, 1.54) is 6.20 Å². The Morgan fingerprint density at radius 1 is 1.45 bits per heavy atom. The highest BCUT2D eigenvalue weighted by atomic mass is 35.5. The summed E-state index contributed by atoms with van der Waals surface area (Å²) in [6, 6.07) is 0. The Labute approximate surface area is 126 Å². The third-order valence-electron chi connectivity index (χ3n) is 2.41. The van der Waals surface area contributed by atoms with Gasteiger partial charge in [-0.3, -0.25) is 4.68 Å². The molecule has 0 amide bonds. The van der Waals surface area contributed by atoms with E-state index in [1.54, 1.807) is 17.9 Å². The fraction of sp³-hybridized carbons (Fsp3) is 0.364. The largest absolute Gasteiger partial charge is 0.488 e. The molecule has 0 spiro atoms. The Balaban J connectivity index is 1.74. The molecule has 0 saturated heterocycles. The minimum absolute atomic E-state index is 0.149. The molecule has 0 aliphatic heterocycles. The quantitative estimate of drug-likeness (QED) is 0.625. The zero-order valence-corrected chi connectivity index (χ0v) is 12.3. The van der Waals surface area contributed by atoms with Gasteiger partial charge in [0.25, 0.3) is 0 Å². The summed E-state index contributed by atoms with van der Waals surface area (Å²) in [4.78, 5) is 7.75. The molecule has 20 heavy (non-hydrogen) atoms. The molecule has 108 valence electrons. The number of nitrogens with one attached hydrogen (secondary N) is 1. The molecule has 2 heterocycles. The maximum absolute atomic E-state index is 5.92. The maximum Gasteiger partial charge on any atom is 0.224 e. The van der Waals surface area contributed by atoms with Gasteiger partial charge in [-0.25, -0.2) is 4.98 Å². The molecule has 0 bridgehead atoms. The van der Waals surface area contributed by atoms with Crippen molar-refractivity contribution in [3.63, 3.8) is 0 Å². The summed E-state index contributed by atoms with van der Waals surface area (Å²) in [5.74, 6) is 1.47. The lowest BCUT2D eigenvalue weighted by Gasteiger charge is -2.08. The van der Waals surface area contributed by atoms with E-state index in [-0.39, 0.29) is 5.28 Å². The second-order valence-corrected chi connectivity index (χ2v) is 4.76. The van der Waals surface area contributed by atoms with E-state index in [2.05, 4.69) is 20.4 Å². The lowest BCUT2D eigenvalue weighted by molar-refractivity contribution is 0.316. The SMILES string of the molecule is Cn1cc(OCCCNc2nc(Cl)ncc2Cl)c(N)n1. The standard InChI is InChI=1S/C11H14Cl2N6O/c1-19-6-8(9(14)18-19)20-4-2-3-15-10-7(12)5-16-11(13)17-10/h5-6H,2-4H2,1H3,(H2,14,18)(H,15,16,17). The van der Waals surface area contributed by atoms with Crippen molar-refractivity contribution in [1.82, 2.24) is 19.7 Å². The number of ether oxygens (including phenoxy) is 1. The Hall–Kier alpha value is -1.73. The van der Waals surface area contributed by atoms with Gasteiger partial charge in [-0.1, -0.05) is 11.6 Å². The number of aryl methyl sites for hydroxylation is 1. The summed E-state index contributed by atoms with van der Waals surface area (Å²) in [7, 11) is 1.78. The maximum atomic E-state index is 5.92. The number of hydrogen-bond acceptors (Lipinski definition) is 6. The average Bonchev–Trinajstić information content (AvgIpc) is 2.71. The first kappa shape index (κ1) is 14.7. The van der Waals surface area contributed by atoms with E-state index in [9.17, 15) is 0 Å². The predicted molar refractivity (Wildman–Crippen MR) is 78.3 cm³/mol. The van der Waals surface area contributed by atoms with Crippen molar-refractivity contribution in [2.24, 2.45) is 7.05 Å². The van der Waals surface area contributed by atoms with Crippen molar-refractivity contribution in [2.45, 2.75) is 6.42 Å². The second-order valence-electron chi connectivity index (χ2n) is 4.02. The molecule has 0 saturated carbocycles. The van der Waals surface area contributed by atoms with Gasteiger partial charge in [0.05, 0.1) is 19.0 Å². The minimum Gasteiger partial charge on any atom is -0.488 e. The molecular weight excluding hydrogens is 303 g/mol. The molecule has 3 N–H and O–H groups in total. The highest BCUT2D eigenvalue weighted by molar-refractivity contribution is 6.33. The van der Waals surface area contributed by atoms with Crippen LogP contribution >= 0.6 is 23.2 Å². The van der Waals surface area contributed by atoms with Crippen LogP contribution in [0.4, 0.5) is 11.6 Å². The molecule has 0 unspecified atom stereocenters. The summed E-state index contributed by atoms with van der Waals surface area (Å²) in [6.07, 6.45) is 3.92. The minimum atomic E-state index is 0.149. The van der Waals surface area contributed by atoms with Gasteiger partial charge in [0.2, 0.25) is 5.28 Å². The lowest BCUT2D eigenvalue weighted by Crippen LogP contribution is -2.09. The fourth-order valence-corrected chi connectivity index (χ4v) is 1.82. The third kappa shape index (κ3) is 3.88. The highest BCUT2D eigenvalue weighted by Gasteiger charge is 2.05. The third-order valence-corrected chi connectivity index (χ3v) is 2.87. The zero-order chi connectivity index (χ0) is 14.5. The summed E-state index contributed by atoms with van der Waals surface area (Å²) < 4.78 is 7.11. The highest BCUT2D eigenvalue weighted by Crippen LogP contribution is 2.20. The van der Waals surface area contributed by atoms with E-state index in [0.29, 0.717) is 35.6 Å². The van der Waals surface area contributed by atoms with Crippen LogP contribution in [0.3, 0.4) is 0 Å². The normalized spacial score (nSPS) is 10.6. The topological polar surface area (TPSA) is 90.9 Å². The molecule has 0 aliphatic rings. The monoisotopic (exact) mass is 316 g/mol. The molecule has 0 radical (unpaired) electrons. The molecule has 9 heteroatoms. The number of aromatic nitrogens is 4. The molecule has 2 rings (SSSR count). The van der Waals surface area contributed by atoms with Gasteiger partial charge in [0.1, 0.15) is 10.8 Å². The first-order chi connectivity index (χ1) is 9.56. The van der Waals surface area contributed by atoms with Crippen LogP contribution in [0.2, 0.25) is 10.3 Å². The summed E-state index contributed by atoms with van der Waals surface area (Å²) in [5, 5.41) is 7.62. The summed E-state index contributed by atoms with van der Waals surface area (Å²) in [6.45, 7) is 1.13. The van der Waals surface area contributed by atoms with Crippen molar-refractivity contribution in [1.29, 1.82) is 0 Å². The molecule has 0 aromatic carbocycles. The molecular formula is C11H14Cl2N6O. The van der Waals surface area contributed by atoms with E-state index < -0.39 is 0 Å². The van der Waals surface area contributed by atoms with Crippen LogP contribution in [0, 0.1) is 0 Å². The van der Waals surface area contributed by atoms with Crippen LogP contribution in [-0.2, 0) is 7.05 Å². The number of nitrogens with zero attached hydrogens (tertiary/aromatic N) is 4. The van der Waals surface area contributed by atoms with E-state index in [4.69, 9.17) is 33.7 Å². The number of nitrogens with two attached hydrogens (primary N) is 1. The van der Waals surface area contributed by atoms with Crippen molar-refractivity contribution in [3.05, 3.63) is 22.7 Å². The van der Waals surface area contributed by atoms with Gasteiger partial charge >= 0.3 is 0 Å². The van der Waals surface area contributed by atoms with E-state index in [0.717, 1.165) is 6.42 Å². The molecule has 2 aromatic heterocycles. The zero-order valence-electron chi connectivity index (χ0n) is 10.8. The van der Waals surface area contributed by atoms with Gasteiger partial charge in [-0.2, -0.15) is 10.1 Å². The first-order valence-electron chi connectivity index (χ1n) is 5.90. The lowest BCUT2D eigenvalue weighted by atomic mass is 10.4. The average molecular weight is 317 g/mol. The fourth-order valence-electron chi connectivity index (χ4n) is 1.53. The van der Waals surface area contributed by atoms with Crippen LogP contribution in [0.1, 0.15) is 6.42 Å². The van der Waals surface area contributed by atoms with Crippen LogP contribution in [0.15, 0.2) is 12.4 Å². The Morgan fingerprint density at radius 3 is 2.95 bits per heavy atom. The van der Waals surface area contributed by atoms with Crippen LogP contribution in [0.25, 0.3) is 0 Å². The number of anilines is 2. The van der Waals surface area contributed by atoms with Crippen molar-refractivity contribution < 1.29 is 4.74 Å². The number of nitrogen functional groups attached to an aromatic ring is 1. The van der Waals surface area contributed by atoms with Crippen LogP contribution < -0.4 is 15.8 Å². The van der Waals surface area contributed by atoms with Gasteiger partial charge < -0.3 is 15.8 Å². The van der Waals surface area contributed by atoms with E-state index in [1.807, 2.05) is 0 Å². The Bertz CT molecular complexity index is 588.